The lowest BCUT2D eigenvalue weighted by Gasteiger charge is -2.28. The first-order valence-corrected chi connectivity index (χ1v) is 6.91. The van der Waals surface area contributed by atoms with Crippen molar-refractivity contribution in [1.82, 2.24) is 10.2 Å². The minimum absolute atomic E-state index is 0.332. The molecule has 0 saturated carbocycles. The summed E-state index contributed by atoms with van der Waals surface area (Å²) in [5.41, 5.74) is 2.84. The summed E-state index contributed by atoms with van der Waals surface area (Å²) in [6, 6.07) is 8.58. The number of fused-ring (bicyclic) bond motifs is 1. The van der Waals surface area contributed by atoms with Crippen LogP contribution in [-0.2, 0) is 11.2 Å². The molecule has 18 heavy (non-hydrogen) atoms. The van der Waals surface area contributed by atoms with Gasteiger partial charge in [0.1, 0.15) is 0 Å². The summed E-state index contributed by atoms with van der Waals surface area (Å²) in [5, 5.41) is 3.28. The maximum absolute atomic E-state index is 12.3. The van der Waals surface area contributed by atoms with E-state index < -0.39 is 0 Å². The third-order valence-corrected chi connectivity index (χ3v) is 4.15. The van der Waals surface area contributed by atoms with Crippen molar-refractivity contribution in [1.29, 1.82) is 0 Å². The van der Waals surface area contributed by atoms with Gasteiger partial charge in [0.2, 0.25) is 5.91 Å². The molecule has 1 aliphatic carbocycles. The van der Waals surface area contributed by atoms with Gasteiger partial charge in [-0.1, -0.05) is 24.3 Å². The molecule has 1 saturated heterocycles. The van der Waals surface area contributed by atoms with Gasteiger partial charge in [-0.25, -0.2) is 0 Å². The highest BCUT2D eigenvalue weighted by Gasteiger charge is 2.26. The van der Waals surface area contributed by atoms with E-state index in [-0.39, 0.29) is 0 Å². The van der Waals surface area contributed by atoms with Crippen LogP contribution < -0.4 is 5.32 Å². The van der Waals surface area contributed by atoms with E-state index in [9.17, 15) is 4.79 Å². The molecule has 3 rings (SSSR count). The molecule has 1 unspecified atom stereocenters. The molecule has 0 aromatic heterocycles. The summed E-state index contributed by atoms with van der Waals surface area (Å²) in [5.74, 6) is 0.779. The molecule has 1 atom stereocenters. The molecule has 1 aromatic carbocycles. The Morgan fingerprint density at radius 2 is 2.06 bits per heavy atom. The maximum atomic E-state index is 12.3. The first kappa shape index (κ1) is 11.7. The van der Waals surface area contributed by atoms with E-state index in [1.54, 1.807) is 0 Å². The number of carbonyl (C=O) groups is 1. The minimum Gasteiger partial charge on any atom is -0.340 e. The van der Waals surface area contributed by atoms with Crippen LogP contribution in [0.2, 0.25) is 0 Å². The Bertz CT molecular complexity index is 438. The molecule has 0 bridgehead atoms. The maximum Gasteiger partial charge on any atom is 0.223 e. The fourth-order valence-corrected chi connectivity index (χ4v) is 3.11. The van der Waals surface area contributed by atoms with Gasteiger partial charge in [0.25, 0.3) is 0 Å². The average Bonchev–Trinajstić information content (AvgIpc) is 2.83. The van der Waals surface area contributed by atoms with Crippen LogP contribution in [0.5, 0.6) is 0 Å². The third kappa shape index (κ3) is 2.27. The van der Waals surface area contributed by atoms with Gasteiger partial charge in [-0.15, -0.1) is 0 Å². The van der Waals surface area contributed by atoms with Crippen LogP contribution in [0.15, 0.2) is 24.3 Å². The van der Waals surface area contributed by atoms with E-state index in [4.69, 9.17) is 0 Å². The molecule has 1 N–H and O–H groups in total. The van der Waals surface area contributed by atoms with Gasteiger partial charge in [-0.2, -0.15) is 0 Å². The van der Waals surface area contributed by atoms with E-state index in [0.717, 1.165) is 39.0 Å². The molecule has 2 aliphatic rings. The number of carbonyl (C=O) groups excluding carboxylic acids is 1. The average molecular weight is 244 g/mol. The first-order chi connectivity index (χ1) is 8.84. The van der Waals surface area contributed by atoms with Crippen molar-refractivity contribution >= 4 is 5.91 Å². The lowest BCUT2D eigenvalue weighted by atomic mass is 9.97. The Morgan fingerprint density at radius 1 is 1.28 bits per heavy atom. The molecule has 0 radical (unpaired) electrons. The standard InChI is InChI=1S/C15H20N2O/c18-15(17-9-7-16-8-10-17)11-13-6-5-12-3-1-2-4-14(12)13/h1-4,13,16H,5-11H2. The molecule has 3 heteroatoms. The topological polar surface area (TPSA) is 32.3 Å². The molecule has 1 amide bonds. The monoisotopic (exact) mass is 244 g/mol. The molecular formula is C15H20N2O. The fourth-order valence-electron chi connectivity index (χ4n) is 3.11. The van der Waals surface area contributed by atoms with Crippen LogP contribution in [0.25, 0.3) is 0 Å². The number of nitrogens with one attached hydrogen (secondary N) is 1. The van der Waals surface area contributed by atoms with Crippen molar-refractivity contribution in [2.75, 3.05) is 26.2 Å². The van der Waals surface area contributed by atoms with Crippen molar-refractivity contribution in [2.45, 2.75) is 25.2 Å². The smallest absolute Gasteiger partial charge is 0.223 e. The summed E-state index contributed by atoms with van der Waals surface area (Å²) in [6.45, 7) is 3.61. The van der Waals surface area contributed by atoms with Gasteiger partial charge >= 0.3 is 0 Å². The molecule has 1 aliphatic heterocycles. The molecule has 3 nitrogen and oxygen atoms in total. The predicted octanol–water partition coefficient (Wildman–Crippen LogP) is 1.54. The molecular weight excluding hydrogens is 224 g/mol. The molecule has 1 aromatic rings. The zero-order valence-corrected chi connectivity index (χ0v) is 10.7. The second-order valence-corrected chi connectivity index (χ2v) is 5.27. The Kier molecular flexibility index (Phi) is 3.33. The van der Waals surface area contributed by atoms with E-state index >= 15 is 0 Å². The predicted molar refractivity (Wildman–Crippen MR) is 71.6 cm³/mol. The SMILES string of the molecule is O=C(CC1CCc2ccccc21)N1CCNCC1. The van der Waals surface area contributed by atoms with Crippen molar-refractivity contribution in [3.8, 4) is 0 Å². The van der Waals surface area contributed by atoms with Crippen LogP contribution in [0.1, 0.15) is 29.9 Å². The number of benzene rings is 1. The second-order valence-electron chi connectivity index (χ2n) is 5.27. The summed E-state index contributed by atoms with van der Waals surface area (Å²) in [7, 11) is 0. The Labute approximate surface area is 108 Å². The van der Waals surface area contributed by atoms with Crippen LogP contribution >= 0.6 is 0 Å². The number of hydrogen-bond acceptors (Lipinski definition) is 2. The van der Waals surface area contributed by atoms with Crippen molar-refractivity contribution < 1.29 is 4.79 Å². The Hall–Kier alpha value is -1.35. The Morgan fingerprint density at radius 3 is 2.89 bits per heavy atom. The van der Waals surface area contributed by atoms with E-state index in [1.807, 2.05) is 4.90 Å². The third-order valence-electron chi connectivity index (χ3n) is 4.15. The van der Waals surface area contributed by atoms with Gasteiger partial charge in [-0.05, 0) is 29.9 Å². The van der Waals surface area contributed by atoms with E-state index in [1.165, 1.54) is 11.1 Å². The van der Waals surface area contributed by atoms with E-state index in [2.05, 4.69) is 29.6 Å². The van der Waals surface area contributed by atoms with Gasteiger partial charge < -0.3 is 10.2 Å². The highest BCUT2D eigenvalue weighted by atomic mass is 16.2. The second kappa shape index (κ2) is 5.11. The summed E-state index contributed by atoms with van der Waals surface area (Å²) in [6.07, 6.45) is 2.96. The summed E-state index contributed by atoms with van der Waals surface area (Å²) < 4.78 is 0. The lowest BCUT2D eigenvalue weighted by molar-refractivity contribution is -0.132. The number of aryl methyl sites for hydroxylation is 1. The van der Waals surface area contributed by atoms with Crippen molar-refractivity contribution in [3.05, 3.63) is 35.4 Å². The Balaban J connectivity index is 1.65. The summed E-state index contributed by atoms with van der Waals surface area (Å²) in [4.78, 5) is 14.3. The van der Waals surface area contributed by atoms with Gasteiger partial charge in [0, 0.05) is 32.6 Å². The van der Waals surface area contributed by atoms with Crippen molar-refractivity contribution in [3.63, 3.8) is 0 Å². The number of hydrogen-bond donors (Lipinski definition) is 1. The normalized spacial score (nSPS) is 22.9. The largest absolute Gasteiger partial charge is 0.340 e. The van der Waals surface area contributed by atoms with E-state index in [0.29, 0.717) is 18.2 Å². The first-order valence-electron chi connectivity index (χ1n) is 6.91. The van der Waals surface area contributed by atoms with Crippen LogP contribution in [0.4, 0.5) is 0 Å². The number of nitrogens with zero attached hydrogens (tertiary/aromatic N) is 1. The molecule has 1 fully saturated rings. The lowest BCUT2D eigenvalue weighted by Crippen LogP contribution is -2.46. The zero-order chi connectivity index (χ0) is 12.4. The molecule has 96 valence electrons. The van der Waals surface area contributed by atoms with Crippen molar-refractivity contribution in [2.24, 2.45) is 0 Å². The highest BCUT2D eigenvalue weighted by Crippen LogP contribution is 2.35. The molecule has 1 heterocycles. The highest BCUT2D eigenvalue weighted by molar-refractivity contribution is 5.77. The summed E-state index contributed by atoms with van der Waals surface area (Å²) >= 11 is 0. The fraction of sp³-hybridized carbons (Fsp3) is 0.533. The quantitative estimate of drug-likeness (QED) is 0.856. The van der Waals surface area contributed by atoms with Gasteiger partial charge in [-0.3, -0.25) is 4.79 Å². The van der Waals surface area contributed by atoms with Gasteiger partial charge in [0.15, 0.2) is 0 Å². The minimum atomic E-state index is 0.332. The number of piperazine rings is 1. The van der Waals surface area contributed by atoms with Gasteiger partial charge in [0.05, 0.1) is 0 Å². The number of amides is 1. The van der Waals surface area contributed by atoms with Crippen LogP contribution in [-0.4, -0.2) is 37.0 Å². The molecule has 0 spiro atoms. The number of rotatable bonds is 2. The van der Waals surface area contributed by atoms with Crippen LogP contribution in [0.3, 0.4) is 0 Å². The zero-order valence-electron chi connectivity index (χ0n) is 10.7. The van der Waals surface area contributed by atoms with Crippen LogP contribution in [0, 0.1) is 0 Å².